The van der Waals surface area contributed by atoms with Crippen LogP contribution in [0.4, 0.5) is 10.5 Å². The summed E-state index contributed by atoms with van der Waals surface area (Å²) >= 11 is 0. The van der Waals surface area contributed by atoms with E-state index in [9.17, 15) is 14.4 Å². The van der Waals surface area contributed by atoms with Crippen molar-refractivity contribution >= 4 is 40.4 Å². The van der Waals surface area contributed by atoms with Gasteiger partial charge in [-0.15, -0.1) is 0 Å². The molecule has 1 aliphatic heterocycles. The lowest BCUT2D eigenvalue weighted by atomic mass is 10.0. The summed E-state index contributed by atoms with van der Waals surface area (Å²) in [5.41, 5.74) is 2.46. The van der Waals surface area contributed by atoms with Crippen molar-refractivity contribution in [2.75, 3.05) is 11.9 Å². The SMILES string of the molecule is CC[C@H](C)Oc1ccc2ccccc2c1/C=C1\NC(=O)N(CC(=O)Nc2ccc(C)cc2)C1=O. The fraction of sp³-hybridized carbons (Fsp3) is 0.222. The number of carbonyl (C=O) groups is 3. The number of ether oxygens (including phenoxy) is 1. The number of hydrogen-bond acceptors (Lipinski definition) is 4. The minimum atomic E-state index is -0.639. The Labute approximate surface area is 198 Å². The Kier molecular flexibility index (Phi) is 6.63. The normalized spacial score (nSPS) is 15.5. The number of imide groups is 1. The molecule has 174 valence electrons. The Bertz CT molecular complexity index is 1280. The molecule has 1 aliphatic rings. The van der Waals surface area contributed by atoms with Gasteiger partial charge in [-0.3, -0.25) is 9.59 Å². The van der Waals surface area contributed by atoms with Gasteiger partial charge in [0.05, 0.1) is 6.10 Å². The van der Waals surface area contributed by atoms with Gasteiger partial charge in [0.25, 0.3) is 5.91 Å². The first-order chi connectivity index (χ1) is 16.4. The Morgan fingerprint density at radius 2 is 1.82 bits per heavy atom. The zero-order valence-corrected chi connectivity index (χ0v) is 19.4. The maximum absolute atomic E-state index is 13.0. The van der Waals surface area contributed by atoms with E-state index < -0.39 is 17.8 Å². The van der Waals surface area contributed by atoms with Gasteiger partial charge in [0.2, 0.25) is 5.91 Å². The first-order valence-electron chi connectivity index (χ1n) is 11.2. The van der Waals surface area contributed by atoms with Crippen LogP contribution in [-0.2, 0) is 9.59 Å². The minimum absolute atomic E-state index is 0.0193. The molecule has 4 rings (SSSR count). The fourth-order valence-corrected chi connectivity index (χ4v) is 3.67. The molecular formula is C27H27N3O4. The molecule has 0 saturated carbocycles. The van der Waals surface area contributed by atoms with E-state index in [2.05, 4.69) is 10.6 Å². The number of amides is 4. The van der Waals surface area contributed by atoms with Crippen LogP contribution in [0, 0.1) is 6.92 Å². The molecular weight excluding hydrogens is 430 g/mol. The van der Waals surface area contributed by atoms with Crippen LogP contribution >= 0.6 is 0 Å². The van der Waals surface area contributed by atoms with Crippen LogP contribution in [0.5, 0.6) is 5.75 Å². The van der Waals surface area contributed by atoms with Crippen LogP contribution in [0.3, 0.4) is 0 Å². The minimum Gasteiger partial charge on any atom is -0.490 e. The van der Waals surface area contributed by atoms with E-state index in [4.69, 9.17) is 4.74 Å². The van der Waals surface area contributed by atoms with Crippen molar-refractivity contribution in [3.05, 3.63) is 77.5 Å². The lowest BCUT2D eigenvalue weighted by molar-refractivity contribution is -0.127. The van der Waals surface area contributed by atoms with Gasteiger partial charge in [0.1, 0.15) is 18.0 Å². The van der Waals surface area contributed by atoms with Gasteiger partial charge in [0.15, 0.2) is 0 Å². The predicted molar refractivity (Wildman–Crippen MR) is 132 cm³/mol. The van der Waals surface area contributed by atoms with Crippen LogP contribution in [0.15, 0.2) is 66.4 Å². The summed E-state index contributed by atoms with van der Waals surface area (Å²) in [5.74, 6) is -0.399. The zero-order chi connectivity index (χ0) is 24.2. The molecule has 34 heavy (non-hydrogen) atoms. The standard InChI is InChI=1S/C27H27N3O4/c1-4-18(3)34-24-14-11-19-7-5-6-8-21(19)22(24)15-23-26(32)30(27(33)29-23)16-25(31)28-20-12-9-17(2)10-13-20/h5-15,18H,4,16H2,1-3H3,(H,28,31)(H,29,33)/b23-15-/t18-/m0/s1. The van der Waals surface area contributed by atoms with E-state index in [1.165, 1.54) is 0 Å². The Morgan fingerprint density at radius 3 is 2.56 bits per heavy atom. The molecule has 1 atom stereocenters. The first-order valence-corrected chi connectivity index (χ1v) is 11.2. The topological polar surface area (TPSA) is 87.7 Å². The van der Waals surface area contributed by atoms with Gasteiger partial charge in [-0.2, -0.15) is 0 Å². The largest absolute Gasteiger partial charge is 0.490 e. The molecule has 0 radical (unpaired) electrons. The molecule has 0 aromatic heterocycles. The summed E-state index contributed by atoms with van der Waals surface area (Å²) in [6, 6.07) is 18.2. The van der Waals surface area contributed by atoms with Crippen molar-refractivity contribution in [2.45, 2.75) is 33.3 Å². The number of nitrogens with zero attached hydrogens (tertiary/aromatic N) is 1. The van der Waals surface area contributed by atoms with Crippen LogP contribution in [0.25, 0.3) is 16.8 Å². The Hall–Kier alpha value is -4.13. The molecule has 0 aliphatic carbocycles. The Morgan fingerprint density at radius 1 is 1.09 bits per heavy atom. The summed E-state index contributed by atoms with van der Waals surface area (Å²) < 4.78 is 6.09. The average molecular weight is 458 g/mol. The van der Waals surface area contributed by atoms with E-state index in [1.54, 1.807) is 18.2 Å². The Balaban J connectivity index is 1.60. The highest BCUT2D eigenvalue weighted by Gasteiger charge is 2.35. The molecule has 1 saturated heterocycles. The number of carbonyl (C=O) groups excluding carboxylic acids is 3. The molecule has 3 aromatic rings. The zero-order valence-electron chi connectivity index (χ0n) is 19.4. The van der Waals surface area contributed by atoms with E-state index in [0.29, 0.717) is 17.0 Å². The molecule has 0 bridgehead atoms. The highest BCUT2D eigenvalue weighted by atomic mass is 16.5. The van der Waals surface area contributed by atoms with Gasteiger partial charge >= 0.3 is 6.03 Å². The predicted octanol–water partition coefficient (Wildman–Crippen LogP) is 4.86. The first kappa shape index (κ1) is 23.0. The number of fused-ring (bicyclic) bond motifs is 1. The molecule has 0 unspecified atom stereocenters. The smallest absolute Gasteiger partial charge is 0.329 e. The van der Waals surface area contributed by atoms with E-state index in [0.717, 1.165) is 27.7 Å². The van der Waals surface area contributed by atoms with E-state index in [-0.39, 0.29) is 18.3 Å². The third-order valence-corrected chi connectivity index (χ3v) is 5.72. The lowest BCUT2D eigenvalue weighted by Gasteiger charge is -2.17. The molecule has 1 heterocycles. The van der Waals surface area contributed by atoms with Crippen molar-refractivity contribution in [2.24, 2.45) is 0 Å². The molecule has 3 aromatic carbocycles. The van der Waals surface area contributed by atoms with Crippen LogP contribution in [-0.4, -0.2) is 35.4 Å². The van der Waals surface area contributed by atoms with Crippen molar-refractivity contribution in [3.63, 3.8) is 0 Å². The van der Waals surface area contributed by atoms with Gasteiger partial charge < -0.3 is 15.4 Å². The van der Waals surface area contributed by atoms with Crippen molar-refractivity contribution < 1.29 is 19.1 Å². The molecule has 2 N–H and O–H groups in total. The number of urea groups is 1. The lowest BCUT2D eigenvalue weighted by Crippen LogP contribution is -2.38. The van der Waals surface area contributed by atoms with Gasteiger partial charge in [0, 0.05) is 11.3 Å². The number of rotatable bonds is 7. The summed E-state index contributed by atoms with van der Waals surface area (Å²) in [4.78, 5) is 38.9. The summed E-state index contributed by atoms with van der Waals surface area (Å²) in [7, 11) is 0. The quantitative estimate of drug-likeness (QED) is 0.392. The van der Waals surface area contributed by atoms with Gasteiger partial charge in [-0.25, -0.2) is 9.69 Å². The molecule has 7 heteroatoms. The third-order valence-electron chi connectivity index (χ3n) is 5.72. The van der Waals surface area contributed by atoms with E-state index >= 15 is 0 Å². The highest BCUT2D eigenvalue weighted by Crippen LogP contribution is 2.32. The molecule has 7 nitrogen and oxygen atoms in total. The summed E-state index contributed by atoms with van der Waals surface area (Å²) in [6.45, 7) is 5.57. The van der Waals surface area contributed by atoms with Crippen molar-refractivity contribution in [1.29, 1.82) is 0 Å². The molecule has 4 amide bonds. The van der Waals surface area contributed by atoms with Gasteiger partial charge in [-0.05, 0) is 55.3 Å². The van der Waals surface area contributed by atoms with Crippen molar-refractivity contribution in [1.82, 2.24) is 10.2 Å². The molecule has 1 fully saturated rings. The number of anilines is 1. The van der Waals surface area contributed by atoms with Crippen LogP contribution in [0.2, 0.25) is 0 Å². The summed E-state index contributed by atoms with van der Waals surface area (Å²) in [5, 5.41) is 7.19. The maximum atomic E-state index is 13.0. The second-order valence-electron chi connectivity index (χ2n) is 8.33. The summed E-state index contributed by atoms with van der Waals surface area (Å²) in [6.07, 6.45) is 2.43. The van der Waals surface area contributed by atoms with E-state index in [1.807, 2.05) is 69.3 Å². The second-order valence-corrected chi connectivity index (χ2v) is 8.33. The fourth-order valence-electron chi connectivity index (χ4n) is 3.67. The highest BCUT2D eigenvalue weighted by molar-refractivity contribution is 6.16. The second kappa shape index (κ2) is 9.79. The monoisotopic (exact) mass is 457 g/mol. The van der Waals surface area contributed by atoms with Gasteiger partial charge in [-0.1, -0.05) is 55.0 Å². The maximum Gasteiger partial charge on any atom is 0.329 e. The number of aryl methyl sites for hydroxylation is 1. The number of nitrogens with one attached hydrogen (secondary N) is 2. The van der Waals surface area contributed by atoms with Crippen LogP contribution < -0.4 is 15.4 Å². The van der Waals surface area contributed by atoms with Crippen LogP contribution in [0.1, 0.15) is 31.4 Å². The molecule has 0 spiro atoms. The average Bonchev–Trinajstić information content (AvgIpc) is 3.09. The third kappa shape index (κ3) is 4.93. The number of benzene rings is 3. The number of hydrogen-bond donors (Lipinski definition) is 2. The van der Waals surface area contributed by atoms with Crippen molar-refractivity contribution in [3.8, 4) is 5.75 Å².